The van der Waals surface area contributed by atoms with Crippen LogP contribution in [0.1, 0.15) is 59.1 Å². The monoisotopic (exact) mass is 416 g/mol. The van der Waals surface area contributed by atoms with Gasteiger partial charge < -0.3 is 10.6 Å². The summed E-state index contributed by atoms with van der Waals surface area (Å²) < 4.78 is 0. The molecule has 2 fully saturated rings. The second-order valence-corrected chi connectivity index (χ2v) is 8.85. The Morgan fingerprint density at radius 3 is 2.30 bits per heavy atom. The Kier molecular flexibility index (Phi) is 6.03. The van der Waals surface area contributed by atoms with E-state index in [0.29, 0.717) is 22.0 Å². The van der Waals surface area contributed by atoms with E-state index in [9.17, 15) is 15.3 Å². The van der Waals surface area contributed by atoms with Crippen molar-refractivity contribution in [1.29, 1.82) is 10.5 Å². The zero-order valence-corrected chi connectivity index (χ0v) is 17.4. The third kappa shape index (κ3) is 4.05. The molecule has 1 aliphatic carbocycles. The molecule has 1 unspecified atom stereocenters. The molecule has 1 saturated heterocycles. The molecule has 2 heterocycles. The summed E-state index contributed by atoms with van der Waals surface area (Å²) in [5, 5.41) is 19.8. The number of benzene rings is 1. The third-order valence-corrected chi connectivity index (χ3v) is 6.79. The van der Waals surface area contributed by atoms with Crippen molar-refractivity contribution in [2.45, 2.75) is 47.9 Å². The predicted octanol–water partition coefficient (Wildman–Crippen LogP) is 3.57. The highest BCUT2D eigenvalue weighted by Crippen LogP contribution is 2.48. The van der Waals surface area contributed by atoms with Crippen LogP contribution in [0.3, 0.4) is 0 Å². The Morgan fingerprint density at radius 2 is 1.73 bits per heavy atom. The first-order chi connectivity index (χ1) is 14.7. The van der Waals surface area contributed by atoms with E-state index in [0.717, 1.165) is 49.9 Å². The summed E-state index contributed by atoms with van der Waals surface area (Å²) in [6.07, 6.45) is 5.68. The van der Waals surface area contributed by atoms with Crippen LogP contribution < -0.4 is 10.6 Å². The lowest BCUT2D eigenvalue weighted by Crippen LogP contribution is -2.40. The Morgan fingerprint density at radius 1 is 1.07 bits per heavy atom. The van der Waals surface area contributed by atoms with E-state index in [2.05, 4.69) is 23.3 Å². The summed E-state index contributed by atoms with van der Waals surface area (Å²) in [6, 6.07) is 14.1. The van der Waals surface area contributed by atoms with Crippen molar-refractivity contribution in [3.63, 3.8) is 0 Å². The van der Waals surface area contributed by atoms with Gasteiger partial charge in [-0.1, -0.05) is 42.1 Å². The number of rotatable bonds is 6. The first-order valence-corrected chi connectivity index (χ1v) is 11.0. The number of carbonyl (C=O) groups excluding carboxylic acids is 1. The molecule has 1 aromatic carbocycles. The van der Waals surface area contributed by atoms with Crippen molar-refractivity contribution in [2.24, 2.45) is 5.73 Å². The first-order valence-electron chi connectivity index (χ1n) is 10.1. The lowest BCUT2D eigenvalue weighted by Gasteiger charge is -2.32. The average molecular weight is 417 g/mol. The maximum Gasteiger partial charge on any atom is 0.217 e. The fourth-order valence-corrected chi connectivity index (χ4v) is 4.87. The number of hydrogen-bond acceptors (Lipinski definition) is 7. The van der Waals surface area contributed by atoms with Crippen LogP contribution in [-0.2, 0) is 4.79 Å². The van der Waals surface area contributed by atoms with Crippen molar-refractivity contribution in [2.75, 3.05) is 18.0 Å². The van der Waals surface area contributed by atoms with Crippen molar-refractivity contribution in [1.82, 2.24) is 4.98 Å². The molecule has 2 N–H and O–H groups in total. The maximum absolute atomic E-state index is 11.8. The molecule has 6 nitrogen and oxygen atoms in total. The van der Waals surface area contributed by atoms with Gasteiger partial charge in [0.1, 0.15) is 28.2 Å². The van der Waals surface area contributed by atoms with Crippen LogP contribution in [-0.4, -0.2) is 30.4 Å². The quantitative estimate of drug-likeness (QED) is 0.717. The molecule has 1 atom stereocenters. The highest BCUT2D eigenvalue weighted by atomic mass is 32.2. The highest BCUT2D eigenvalue weighted by Gasteiger charge is 2.35. The van der Waals surface area contributed by atoms with Crippen molar-refractivity contribution >= 4 is 23.9 Å². The lowest BCUT2D eigenvalue weighted by molar-refractivity contribution is 0.497. The first kappa shape index (κ1) is 20.4. The van der Waals surface area contributed by atoms with Gasteiger partial charge >= 0.3 is 0 Å². The summed E-state index contributed by atoms with van der Waals surface area (Å²) in [6.45, 7) is 1.45. The molecule has 4 rings (SSSR count). The number of hydrogen-bond donors (Lipinski definition) is 1. The van der Waals surface area contributed by atoms with E-state index < -0.39 is 5.25 Å². The molecule has 1 aromatic heterocycles. The van der Waals surface area contributed by atoms with Crippen molar-refractivity contribution < 1.29 is 4.79 Å². The standard InChI is InChI=1S/C23H22N5OS/c24-12-18-21(16-6-7-16)19(13-25)23(27-22(18)28-10-8-17(26)9-11-28)30-20(14-29)15-4-2-1-3-5-15/h1-5,16-17,20H,6-11,26H2. The molecule has 0 bridgehead atoms. The van der Waals surface area contributed by atoms with Gasteiger partial charge in [0, 0.05) is 19.1 Å². The summed E-state index contributed by atoms with van der Waals surface area (Å²) in [7, 11) is 0. The smallest absolute Gasteiger partial charge is 0.217 e. The minimum Gasteiger partial charge on any atom is -0.355 e. The van der Waals surface area contributed by atoms with E-state index in [-0.39, 0.29) is 12.0 Å². The highest BCUT2D eigenvalue weighted by molar-refractivity contribution is 8.00. The fraction of sp³-hybridized carbons (Fsp3) is 0.391. The van der Waals surface area contributed by atoms with Crippen LogP contribution in [0, 0.1) is 22.7 Å². The lowest BCUT2D eigenvalue weighted by atomic mass is 9.98. The fourth-order valence-electron chi connectivity index (χ4n) is 3.89. The zero-order valence-electron chi connectivity index (χ0n) is 16.5. The van der Waals surface area contributed by atoms with E-state index in [1.807, 2.05) is 30.3 Å². The van der Waals surface area contributed by atoms with Crippen molar-refractivity contribution in [3.8, 4) is 12.1 Å². The normalized spacial score (nSPS) is 17.8. The number of pyridine rings is 1. The van der Waals surface area contributed by atoms with Gasteiger partial charge in [-0.25, -0.2) is 4.98 Å². The molecule has 0 spiro atoms. The van der Waals surface area contributed by atoms with E-state index in [4.69, 9.17) is 10.7 Å². The number of thioether (sulfide) groups is 1. The molecule has 7 heteroatoms. The van der Waals surface area contributed by atoms with Crippen LogP contribution >= 0.6 is 11.8 Å². The van der Waals surface area contributed by atoms with Gasteiger partial charge in [0.2, 0.25) is 6.29 Å². The van der Waals surface area contributed by atoms with Gasteiger partial charge in [-0.05, 0) is 42.7 Å². The number of piperidine rings is 1. The SMILES string of the molecule is N#Cc1c(SC([C]=O)c2ccccc2)nc(N2CCC(N)CC2)c(C#N)c1C1CC1. The second kappa shape index (κ2) is 8.87. The summed E-state index contributed by atoms with van der Waals surface area (Å²) in [5.74, 6) is 0.823. The molecule has 30 heavy (non-hydrogen) atoms. The molecule has 151 valence electrons. The van der Waals surface area contributed by atoms with Gasteiger partial charge in [-0.2, -0.15) is 10.5 Å². The molecule has 1 radical (unpaired) electrons. The van der Waals surface area contributed by atoms with Gasteiger partial charge in [0.25, 0.3) is 0 Å². The number of nitrogens with two attached hydrogens (primary N) is 1. The number of nitriles is 2. The maximum atomic E-state index is 11.8. The molecular weight excluding hydrogens is 394 g/mol. The number of anilines is 1. The van der Waals surface area contributed by atoms with E-state index in [1.54, 1.807) is 0 Å². The largest absolute Gasteiger partial charge is 0.355 e. The topological polar surface area (TPSA) is 107 Å². The van der Waals surface area contributed by atoms with Crippen LogP contribution in [0.5, 0.6) is 0 Å². The van der Waals surface area contributed by atoms with Gasteiger partial charge in [0.05, 0.1) is 11.1 Å². The molecule has 2 aliphatic rings. The van der Waals surface area contributed by atoms with Crippen LogP contribution in [0.4, 0.5) is 5.82 Å². The van der Waals surface area contributed by atoms with Gasteiger partial charge in [-0.3, -0.25) is 4.79 Å². The van der Waals surface area contributed by atoms with Crippen LogP contribution in [0.25, 0.3) is 0 Å². The Hall–Kier alpha value is -2.87. The predicted molar refractivity (Wildman–Crippen MR) is 116 cm³/mol. The van der Waals surface area contributed by atoms with Gasteiger partial charge in [-0.15, -0.1) is 0 Å². The number of nitrogens with zero attached hydrogens (tertiary/aromatic N) is 4. The number of aromatic nitrogens is 1. The third-order valence-electron chi connectivity index (χ3n) is 5.67. The molecular formula is C23H22N5OS. The van der Waals surface area contributed by atoms with E-state index >= 15 is 0 Å². The Bertz CT molecular complexity index is 1010. The Labute approximate surface area is 180 Å². The van der Waals surface area contributed by atoms with Gasteiger partial charge in [0.15, 0.2) is 0 Å². The molecule has 0 amide bonds. The molecule has 1 aliphatic heterocycles. The zero-order chi connectivity index (χ0) is 21.1. The van der Waals surface area contributed by atoms with Crippen LogP contribution in [0.15, 0.2) is 35.4 Å². The van der Waals surface area contributed by atoms with Crippen LogP contribution in [0.2, 0.25) is 0 Å². The van der Waals surface area contributed by atoms with Crippen molar-refractivity contribution in [3.05, 3.63) is 52.6 Å². The molecule has 2 aromatic rings. The summed E-state index contributed by atoms with van der Waals surface area (Å²) in [5.41, 5.74) is 8.58. The second-order valence-electron chi connectivity index (χ2n) is 7.75. The average Bonchev–Trinajstić information content (AvgIpc) is 3.62. The summed E-state index contributed by atoms with van der Waals surface area (Å²) >= 11 is 1.23. The molecule has 1 saturated carbocycles. The summed E-state index contributed by atoms with van der Waals surface area (Å²) in [4.78, 5) is 18.6. The minimum absolute atomic E-state index is 0.161. The minimum atomic E-state index is -0.589. The Balaban J connectivity index is 1.80. The van der Waals surface area contributed by atoms with E-state index in [1.165, 1.54) is 11.8 Å².